The Bertz CT molecular complexity index is 961. The summed E-state index contributed by atoms with van der Waals surface area (Å²) in [7, 11) is 3.25. The first-order chi connectivity index (χ1) is 13.7. The van der Waals surface area contributed by atoms with Crippen LogP contribution in [-0.2, 0) is 0 Å². The van der Waals surface area contributed by atoms with E-state index in [2.05, 4.69) is 27.8 Å². The van der Waals surface area contributed by atoms with Gasteiger partial charge in [0.2, 0.25) is 0 Å². The topological polar surface area (TPSA) is 64.6 Å². The zero-order chi connectivity index (χ0) is 19.3. The Kier molecular flexibility index (Phi) is 7.01. The second kappa shape index (κ2) is 9.67. The van der Waals surface area contributed by atoms with E-state index in [1.54, 1.807) is 14.2 Å². The molecule has 0 saturated carbocycles. The van der Waals surface area contributed by atoms with Crippen LogP contribution in [0.25, 0.3) is 10.8 Å². The van der Waals surface area contributed by atoms with E-state index >= 15 is 0 Å². The Morgan fingerprint density at radius 3 is 2.48 bits per heavy atom. The third-order valence-corrected chi connectivity index (χ3v) is 4.94. The van der Waals surface area contributed by atoms with Crippen molar-refractivity contribution < 1.29 is 14.2 Å². The highest BCUT2D eigenvalue weighted by Crippen LogP contribution is 2.31. The van der Waals surface area contributed by atoms with Crippen LogP contribution in [0.3, 0.4) is 0 Å². The minimum atomic E-state index is 0. The normalized spacial score (nSPS) is 14.1. The number of anilines is 2. The predicted octanol–water partition coefficient (Wildman–Crippen LogP) is 4.55. The zero-order valence-electron chi connectivity index (χ0n) is 16.6. The van der Waals surface area contributed by atoms with Crippen molar-refractivity contribution in [3.05, 3.63) is 48.7 Å². The molecule has 0 amide bonds. The number of methoxy groups -OCH3 is 2. The summed E-state index contributed by atoms with van der Waals surface area (Å²) < 4.78 is 16.8. The molecule has 1 saturated heterocycles. The minimum absolute atomic E-state index is 0. The van der Waals surface area contributed by atoms with Crippen LogP contribution in [0, 0.1) is 0 Å². The Hall–Kier alpha value is -2.70. The molecule has 7 heteroatoms. The molecule has 3 aromatic rings. The van der Waals surface area contributed by atoms with E-state index in [1.807, 2.05) is 36.5 Å². The minimum Gasteiger partial charge on any atom is -0.493 e. The van der Waals surface area contributed by atoms with Gasteiger partial charge in [-0.25, -0.2) is 4.98 Å². The second-order valence-corrected chi connectivity index (χ2v) is 6.84. The molecule has 1 aliphatic heterocycles. The lowest BCUT2D eigenvalue weighted by Crippen LogP contribution is -2.34. The lowest BCUT2D eigenvalue weighted by atomic mass is 10.1. The molecule has 0 bridgehead atoms. The van der Waals surface area contributed by atoms with Crippen molar-refractivity contribution >= 4 is 34.7 Å². The number of rotatable bonds is 6. The van der Waals surface area contributed by atoms with E-state index in [0.717, 1.165) is 54.0 Å². The monoisotopic (exact) mass is 415 g/mol. The largest absolute Gasteiger partial charge is 0.493 e. The molecule has 0 atom stereocenters. The van der Waals surface area contributed by atoms with Gasteiger partial charge >= 0.3 is 0 Å². The predicted molar refractivity (Wildman–Crippen MR) is 118 cm³/mol. The van der Waals surface area contributed by atoms with E-state index in [1.165, 1.54) is 0 Å². The first-order valence-corrected chi connectivity index (χ1v) is 9.51. The van der Waals surface area contributed by atoms with Crippen molar-refractivity contribution in [3.8, 4) is 17.2 Å². The summed E-state index contributed by atoms with van der Waals surface area (Å²) in [5.74, 6) is 3.03. The maximum Gasteiger partial charge on any atom is 0.162 e. The molecule has 1 aliphatic rings. The summed E-state index contributed by atoms with van der Waals surface area (Å²) in [5.41, 5.74) is 0.881. The number of nitrogens with one attached hydrogen (secondary N) is 2. The van der Waals surface area contributed by atoms with Crippen molar-refractivity contribution in [1.29, 1.82) is 0 Å². The van der Waals surface area contributed by atoms with Crippen molar-refractivity contribution in [3.63, 3.8) is 0 Å². The van der Waals surface area contributed by atoms with Crippen LogP contribution < -0.4 is 24.8 Å². The Morgan fingerprint density at radius 1 is 0.931 bits per heavy atom. The molecule has 0 radical (unpaired) electrons. The van der Waals surface area contributed by atoms with Gasteiger partial charge in [-0.05, 0) is 67.7 Å². The van der Waals surface area contributed by atoms with Crippen molar-refractivity contribution in [1.82, 2.24) is 10.3 Å². The van der Waals surface area contributed by atoms with Crippen LogP contribution >= 0.6 is 12.4 Å². The second-order valence-electron chi connectivity index (χ2n) is 6.84. The molecule has 4 rings (SSSR count). The molecule has 1 fully saturated rings. The number of pyridine rings is 1. The number of aromatic nitrogens is 1. The van der Waals surface area contributed by atoms with Gasteiger partial charge in [-0.2, -0.15) is 0 Å². The summed E-state index contributed by atoms with van der Waals surface area (Å²) in [6, 6.07) is 13.9. The number of nitrogens with zero attached hydrogens (tertiary/aromatic N) is 1. The van der Waals surface area contributed by atoms with Crippen LogP contribution in [-0.4, -0.2) is 38.4 Å². The average molecular weight is 416 g/mol. The Morgan fingerprint density at radius 2 is 1.72 bits per heavy atom. The van der Waals surface area contributed by atoms with E-state index in [0.29, 0.717) is 11.5 Å². The van der Waals surface area contributed by atoms with Gasteiger partial charge < -0.3 is 24.8 Å². The van der Waals surface area contributed by atoms with E-state index in [9.17, 15) is 0 Å². The first kappa shape index (κ1) is 21.0. The fraction of sp³-hybridized carbons (Fsp3) is 0.318. The third-order valence-electron chi connectivity index (χ3n) is 4.94. The maximum absolute atomic E-state index is 6.17. The third kappa shape index (κ3) is 5.02. The van der Waals surface area contributed by atoms with Crippen LogP contribution in [0.1, 0.15) is 12.8 Å². The van der Waals surface area contributed by atoms with Gasteiger partial charge in [-0.3, -0.25) is 0 Å². The van der Waals surface area contributed by atoms with E-state index in [-0.39, 0.29) is 18.5 Å². The number of piperidine rings is 1. The molecule has 0 aliphatic carbocycles. The van der Waals surface area contributed by atoms with Crippen molar-refractivity contribution in [2.45, 2.75) is 18.9 Å². The molecular formula is C22H26ClN3O3. The van der Waals surface area contributed by atoms with Crippen LogP contribution in [0.15, 0.2) is 48.7 Å². The molecule has 0 unspecified atom stereocenters. The van der Waals surface area contributed by atoms with Crippen molar-refractivity contribution in [2.75, 3.05) is 32.6 Å². The molecule has 6 nitrogen and oxygen atoms in total. The highest BCUT2D eigenvalue weighted by molar-refractivity contribution is 5.86. The molecule has 2 heterocycles. The summed E-state index contributed by atoms with van der Waals surface area (Å²) in [4.78, 5) is 4.51. The highest BCUT2D eigenvalue weighted by atomic mass is 35.5. The maximum atomic E-state index is 6.17. The number of halogens is 1. The van der Waals surface area contributed by atoms with Crippen LogP contribution in [0.5, 0.6) is 17.2 Å². The number of hydrogen-bond donors (Lipinski definition) is 2. The first-order valence-electron chi connectivity index (χ1n) is 9.51. The van der Waals surface area contributed by atoms with Gasteiger partial charge in [-0.1, -0.05) is 0 Å². The fourth-order valence-electron chi connectivity index (χ4n) is 3.43. The lowest BCUT2D eigenvalue weighted by Gasteiger charge is -2.24. The summed E-state index contributed by atoms with van der Waals surface area (Å²) in [6.45, 7) is 2.03. The SMILES string of the molecule is COc1ccc(Nc2cc3cc(OC4CCNCC4)ccc3cn2)cc1OC.Cl. The van der Waals surface area contributed by atoms with Gasteiger partial charge in [0, 0.05) is 23.3 Å². The average Bonchev–Trinajstić information content (AvgIpc) is 2.74. The molecule has 0 spiro atoms. The molecule has 1 aromatic heterocycles. The van der Waals surface area contributed by atoms with Gasteiger partial charge in [0.15, 0.2) is 11.5 Å². The van der Waals surface area contributed by atoms with Gasteiger partial charge in [-0.15, -0.1) is 12.4 Å². The zero-order valence-corrected chi connectivity index (χ0v) is 17.4. The number of fused-ring (bicyclic) bond motifs is 1. The van der Waals surface area contributed by atoms with Crippen LogP contribution in [0.2, 0.25) is 0 Å². The number of hydrogen-bond acceptors (Lipinski definition) is 6. The molecule has 29 heavy (non-hydrogen) atoms. The standard InChI is InChI=1S/C22H25N3O3.ClH/c1-26-20-6-4-17(13-21(20)27-2)25-22-12-16-11-19(5-3-15(16)14-24-22)28-18-7-9-23-10-8-18;/h3-6,11-14,18,23H,7-10H2,1-2H3,(H,24,25);1H. The number of ether oxygens (including phenoxy) is 3. The molecule has 154 valence electrons. The summed E-state index contributed by atoms with van der Waals surface area (Å²) in [6.07, 6.45) is 4.23. The molecule has 2 N–H and O–H groups in total. The van der Waals surface area contributed by atoms with Crippen LogP contribution in [0.4, 0.5) is 11.5 Å². The van der Waals surface area contributed by atoms with E-state index < -0.39 is 0 Å². The van der Waals surface area contributed by atoms with Gasteiger partial charge in [0.05, 0.1) is 14.2 Å². The van der Waals surface area contributed by atoms with Crippen molar-refractivity contribution in [2.24, 2.45) is 0 Å². The smallest absolute Gasteiger partial charge is 0.162 e. The van der Waals surface area contributed by atoms with E-state index in [4.69, 9.17) is 14.2 Å². The lowest BCUT2D eigenvalue weighted by molar-refractivity contribution is 0.162. The highest BCUT2D eigenvalue weighted by Gasteiger charge is 2.14. The number of benzene rings is 2. The molecular weight excluding hydrogens is 390 g/mol. The summed E-state index contributed by atoms with van der Waals surface area (Å²) >= 11 is 0. The Labute approximate surface area is 177 Å². The molecule has 2 aromatic carbocycles. The van der Waals surface area contributed by atoms with Gasteiger partial charge in [0.25, 0.3) is 0 Å². The fourth-order valence-corrected chi connectivity index (χ4v) is 3.43. The quantitative estimate of drug-likeness (QED) is 0.615. The van der Waals surface area contributed by atoms with Gasteiger partial charge in [0.1, 0.15) is 17.7 Å². The Balaban J connectivity index is 0.00000240. The summed E-state index contributed by atoms with van der Waals surface area (Å²) in [5, 5.41) is 8.86.